The molecule has 3 aromatic rings. The fraction of sp³-hybridized carbons (Fsp3) is 0.250. The van der Waals surface area contributed by atoms with Crippen LogP contribution in [-0.2, 0) is 17.6 Å². The first kappa shape index (κ1) is 15.9. The predicted molar refractivity (Wildman–Crippen MR) is 89.9 cm³/mol. The number of carbonyl (C=O) groups excluding carboxylic acids is 1. The molecule has 0 fully saturated rings. The first-order valence-corrected chi connectivity index (χ1v) is 8.01. The van der Waals surface area contributed by atoms with E-state index in [9.17, 15) is 4.79 Å². The van der Waals surface area contributed by atoms with Crippen LogP contribution in [0.25, 0.3) is 10.9 Å². The molecule has 3 rings (SSSR count). The molecule has 0 spiro atoms. The lowest BCUT2D eigenvalue weighted by Gasteiger charge is -2.04. The van der Waals surface area contributed by atoms with Crippen molar-refractivity contribution >= 4 is 40.0 Å². The third-order valence-corrected chi connectivity index (χ3v) is 3.99. The molecule has 2 aromatic heterocycles. The summed E-state index contributed by atoms with van der Waals surface area (Å²) in [5.41, 5.74) is 2.17. The summed E-state index contributed by atoms with van der Waals surface area (Å²) in [5, 5.41) is 8.56. The Morgan fingerprint density at radius 2 is 2.13 bits per heavy atom. The average Bonchev–Trinajstić information content (AvgIpc) is 3.12. The number of rotatable bonds is 6. The van der Waals surface area contributed by atoms with Gasteiger partial charge in [0.25, 0.3) is 0 Å². The van der Waals surface area contributed by atoms with Crippen molar-refractivity contribution in [3.8, 4) is 0 Å². The molecule has 0 saturated heterocycles. The van der Waals surface area contributed by atoms with Crippen molar-refractivity contribution in [2.24, 2.45) is 0 Å². The highest BCUT2D eigenvalue weighted by Crippen LogP contribution is 2.22. The molecule has 0 aliphatic rings. The maximum atomic E-state index is 11.8. The summed E-state index contributed by atoms with van der Waals surface area (Å²) in [7, 11) is 0. The normalized spacial score (nSPS) is 11.0. The second-order valence-corrected chi connectivity index (χ2v) is 6.04. The molecular formula is C16H15Cl2N3O2. The Morgan fingerprint density at radius 1 is 1.26 bits per heavy atom. The highest BCUT2D eigenvalue weighted by atomic mass is 35.5. The molecular weight excluding hydrogens is 337 g/mol. The van der Waals surface area contributed by atoms with E-state index in [0.29, 0.717) is 35.3 Å². The van der Waals surface area contributed by atoms with Crippen molar-refractivity contribution in [3.05, 3.63) is 52.0 Å². The Labute approximate surface area is 142 Å². The number of nitrogens with one attached hydrogen (secondary N) is 2. The lowest BCUT2D eigenvalue weighted by atomic mass is 10.1. The van der Waals surface area contributed by atoms with Gasteiger partial charge in [-0.3, -0.25) is 4.79 Å². The van der Waals surface area contributed by atoms with Gasteiger partial charge in [-0.15, -0.1) is 0 Å². The molecule has 0 aliphatic carbocycles. The van der Waals surface area contributed by atoms with Crippen LogP contribution in [0.15, 0.2) is 35.0 Å². The molecule has 0 unspecified atom stereocenters. The summed E-state index contributed by atoms with van der Waals surface area (Å²) < 4.78 is 4.96. The predicted octanol–water partition coefficient (Wildman–Crippen LogP) is 3.75. The summed E-state index contributed by atoms with van der Waals surface area (Å²) in [5.74, 6) is 0.576. The highest BCUT2D eigenvalue weighted by Gasteiger charge is 2.08. The first-order valence-electron chi connectivity index (χ1n) is 7.25. The number of aryl methyl sites for hydroxylation is 1. The van der Waals surface area contributed by atoms with E-state index in [1.807, 2.05) is 24.4 Å². The summed E-state index contributed by atoms with van der Waals surface area (Å²) in [4.78, 5) is 15.0. The lowest BCUT2D eigenvalue weighted by molar-refractivity contribution is -0.121. The number of carbonyl (C=O) groups is 1. The van der Waals surface area contributed by atoms with Gasteiger partial charge in [-0.1, -0.05) is 28.4 Å². The zero-order valence-electron chi connectivity index (χ0n) is 12.2. The summed E-state index contributed by atoms with van der Waals surface area (Å²) in [6.45, 7) is 0.565. The van der Waals surface area contributed by atoms with Crippen molar-refractivity contribution < 1.29 is 9.32 Å². The second-order valence-electron chi connectivity index (χ2n) is 5.22. The van der Waals surface area contributed by atoms with Crippen LogP contribution in [0.3, 0.4) is 0 Å². The third-order valence-electron chi connectivity index (χ3n) is 3.57. The van der Waals surface area contributed by atoms with E-state index in [0.717, 1.165) is 22.9 Å². The van der Waals surface area contributed by atoms with Crippen molar-refractivity contribution in [1.29, 1.82) is 0 Å². The molecule has 2 heterocycles. The Balaban J connectivity index is 1.48. The van der Waals surface area contributed by atoms with Gasteiger partial charge in [-0.2, -0.15) is 0 Å². The number of fused-ring (bicyclic) bond motifs is 1. The SMILES string of the molecule is O=C(CCc1cc(Cl)no1)NCCc1c[nH]c2ccc(Cl)cc12. The molecule has 0 saturated carbocycles. The van der Waals surface area contributed by atoms with E-state index >= 15 is 0 Å². The zero-order chi connectivity index (χ0) is 16.2. The molecule has 7 heteroatoms. The average molecular weight is 352 g/mol. The minimum Gasteiger partial charge on any atom is -0.361 e. The number of amides is 1. The number of benzene rings is 1. The second kappa shape index (κ2) is 7.06. The van der Waals surface area contributed by atoms with Crippen LogP contribution in [0.4, 0.5) is 0 Å². The van der Waals surface area contributed by atoms with E-state index in [4.69, 9.17) is 27.7 Å². The molecule has 0 radical (unpaired) electrons. The van der Waals surface area contributed by atoms with E-state index < -0.39 is 0 Å². The van der Waals surface area contributed by atoms with Gasteiger partial charge in [0.05, 0.1) is 0 Å². The Morgan fingerprint density at radius 3 is 2.91 bits per heavy atom. The highest BCUT2D eigenvalue weighted by molar-refractivity contribution is 6.31. The first-order chi connectivity index (χ1) is 11.1. The zero-order valence-corrected chi connectivity index (χ0v) is 13.7. The van der Waals surface area contributed by atoms with E-state index in [-0.39, 0.29) is 5.91 Å². The molecule has 0 atom stereocenters. The third kappa shape index (κ3) is 4.06. The number of H-pyrrole nitrogens is 1. The van der Waals surface area contributed by atoms with Crippen molar-refractivity contribution in [1.82, 2.24) is 15.5 Å². The van der Waals surface area contributed by atoms with Crippen molar-refractivity contribution in [2.45, 2.75) is 19.3 Å². The van der Waals surface area contributed by atoms with Gasteiger partial charge >= 0.3 is 0 Å². The largest absolute Gasteiger partial charge is 0.361 e. The van der Waals surface area contributed by atoms with Crippen LogP contribution in [0.1, 0.15) is 17.7 Å². The van der Waals surface area contributed by atoms with Gasteiger partial charge in [-0.05, 0) is 30.2 Å². The summed E-state index contributed by atoms with van der Waals surface area (Å²) in [6.07, 6.45) is 3.50. The van der Waals surface area contributed by atoms with Crippen LogP contribution >= 0.6 is 23.2 Å². The van der Waals surface area contributed by atoms with Crippen molar-refractivity contribution in [3.63, 3.8) is 0 Å². The molecule has 1 aromatic carbocycles. The van der Waals surface area contributed by atoms with E-state index in [2.05, 4.69) is 15.5 Å². The van der Waals surface area contributed by atoms with Gasteiger partial charge in [0, 0.05) is 47.6 Å². The smallest absolute Gasteiger partial charge is 0.220 e. The number of nitrogens with zero attached hydrogens (tertiary/aromatic N) is 1. The van der Waals surface area contributed by atoms with Crippen LogP contribution in [0.2, 0.25) is 10.2 Å². The van der Waals surface area contributed by atoms with Gasteiger partial charge in [0.1, 0.15) is 5.76 Å². The number of hydrogen-bond donors (Lipinski definition) is 2. The fourth-order valence-corrected chi connectivity index (χ4v) is 2.75. The van der Waals surface area contributed by atoms with E-state index in [1.165, 1.54) is 0 Å². The summed E-state index contributed by atoms with van der Waals surface area (Å²) >= 11 is 11.7. The molecule has 120 valence electrons. The minimum absolute atomic E-state index is 0.0320. The van der Waals surface area contributed by atoms with Crippen LogP contribution in [0, 0.1) is 0 Å². The molecule has 1 amide bonds. The summed E-state index contributed by atoms with van der Waals surface area (Å²) in [6, 6.07) is 7.34. The lowest BCUT2D eigenvalue weighted by Crippen LogP contribution is -2.25. The quantitative estimate of drug-likeness (QED) is 0.710. The molecule has 0 aliphatic heterocycles. The van der Waals surface area contributed by atoms with Crippen LogP contribution in [0.5, 0.6) is 0 Å². The van der Waals surface area contributed by atoms with Crippen LogP contribution in [-0.4, -0.2) is 22.6 Å². The van der Waals surface area contributed by atoms with E-state index in [1.54, 1.807) is 6.07 Å². The Bertz CT molecular complexity index is 826. The Hall–Kier alpha value is -1.98. The molecule has 23 heavy (non-hydrogen) atoms. The fourth-order valence-electron chi connectivity index (χ4n) is 2.42. The standard InChI is InChI=1S/C16H15Cl2N3O2/c17-11-1-3-14-13(7-11)10(9-20-14)5-6-19-16(22)4-2-12-8-15(18)21-23-12/h1,3,7-9,20H,2,4-6H2,(H,19,22). The van der Waals surface area contributed by atoms with Gasteiger partial charge in [-0.25, -0.2) is 0 Å². The maximum absolute atomic E-state index is 11.8. The van der Waals surface area contributed by atoms with Crippen LogP contribution < -0.4 is 5.32 Å². The minimum atomic E-state index is -0.0320. The van der Waals surface area contributed by atoms with Gasteiger partial charge in [0.2, 0.25) is 5.91 Å². The number of aromatic nitrogens is 2. The number of hydrogen-bond acceptors (Lipinski definition) is 3. The topological polar surface area (TPSA) is 70.9 Å². The maximum Gasteiger partial charge on any atom is 0.220 e. The van der Waals surface area contributed by atoms with Crippen molar-refractivity contribution in [2.75, 3.05) is 6.54 Å². The Kier molecular flexibility index (Phi) is 4.88. The number of aromatic amines is 1. The molecule has 0 bridgehead atoms. The number of halogens is 2. The monoisotopic (exact) mass is 351 g/mol. The van der Waals surface area contributed by atoms with Gasteiger partial charge in [0.15, 0.2) is 5.15 Å². The molecule has 2 N–H and O–H groups in total. The van der Waals surface area contributed by atoms with Gasteiger partial charge < -0.3 is 14.8 Å². The molecule has 5 nitrogen and oxygen atoms in total.